The Kier molecular flexibility index (Phi) is 3.41. The van der Waals surface area contributed by atoms with E-state index in [4.69, 9.17) is 0 Å². The van der Waals surface area contributed by atoms with Crippen LogP contribution in [-0.4, -0.2) is 19.2 Å². The van der Waals surface area contributed by atoms with E-state index in [0.29, 0.717) is 12.3 Å². The molecule has 1 aromatic heterocycles. The second-order valence-electron chi connectivity index (χ2n) is 2.97. The number of nitrogens with zero attached hydrogens (tertiary/aromatic N) is 1. The summed E-state index contributed by atoms with van der Waals surface area (Å²) in [5.41, 5.74) is -1.19. The highest BCUT2D eigenvalue weighted by atomic mass is 32.2. The van der Waals surface area contributed by atoms with Gasteiger partial charge >= 0.3 is 6.18 Å². The van der Waals surface area contributed by atoms with Gasteiger partial charge in [-0.25, -0.2) is 8.42 Å². The molecule has 1 aromatic rings. The van der Waals surface area contributed by atoms with Crippen molar-refractivity contribution in [3.8, 4) is 0 Å². The number of hydrogen-bond acceptors (Lipinski definition) is 3. The van der Waals surface area contributed by atoms with Crippen LogP contribution < -0.4 is 4.72 Å². The van der Waals surface area contributed by atoms with E-state index in [9.17, 15) is 21.6 Å². The summed E-state index contributed by atoms with van der Waals surface area (Å²) in [5, 5.41) is 0. The van der Waals surface area contributed by atoms with Crippen molar-refractivity contribution in [3.63, 3.8) is 0 Å². The SMILES string of the molecule is CCS(=O)(=O)Nc1cncc(C(F)(F)F)c1. The largest absolute Gasteiger partial charge is 0.417 e. The van der Waals surface area contributed by atoms with E-state index in [-0.39, 0.29) is 11.4 Å². The highest BCUT2D eigenvalue weighted by molar-refractivity contribution is 7.92. The van der Waals surface area contributed by atoms with E-state index >= 15 is 0 Å². The van der Waals surface area contributed by atoms with Crippen LogP contribution in [0.2, 0.25) is 0 Å². The van der Waals surface area contributed by atoms with Gasteiger partial charge in [-0.1, -0.05) is 0 Å². The molecule has 0 bridgehead atoms. The Morgan fingerprint density at radius 3 is 2.50 bits per heavy atom. The lowest BCUT2D eigenvalue weighted by Crippen LogP contribution is -2.15. The van der Waals surface area contributed by atoms with Gasteiger partial charge in [0.2, 0.25) is 10.0 Å². The molecule has 1 heterocycles. The van der Waals surface area contributed by atoms with Gasteiger partial charge in [0.15, 0.2) is 0 Å². The number of hydrogen-bond donors (Lipinski definition) is 1. The molecular formula is C8H9F3N2O2S. The maximum atomic E-state index is 12.3. The highest BCUT2D eigenvalue weighted by Gasteiger charge is 2.31. The third kappa shape index (κ3) is 3.37. The van der Waals surface area contributed by atoms with E-state index in [0.717, 1.165) is 6.20 Å². The molecule has 0 radical (unpaired) electrons. The Balaban J connectivity index is 3.01. The first-order valence-corrected chi connectivity index (χ1v) is 5.92. The van der Waals surface area contributed by atoms with Crippen molar-refractivity contribution in [2.45, 2.75) is 13.1 Å². The van der Waals surface area contributed by atoms with Crippen molar-refractivity contribution in [2.24, 2.45) is 0 Å². The number of pyridine rings is 1. The van der Waals surface area contributed by atoms with Gasteiger partial charge in [-0.05, 0) is 13.0 Å². The van der Waals surface area contributed by atoms with Gasteiger partial charge in [0, 0.05) is 6.20 Å². The Labute approximate surface area is 90.6 Å². The molecule has 0 aliphatic carbocycles. The zero-order valence-corrected chi connectivity index (χ0v) is 9.06. The molecule has 0 aromatic carbocycles. The number of anilines is 1. The van der Waals surface area contributed by atoms with Crippen LogP contribution in [0.3, 0.4) is 0 Å². The zero-order valence-electron chi connectivity index (χ0n) is 8.25. The summed E-state index contributed by atoms with van der Waals surface area (Å²) in [6, 6.07) is 0.695. The quantitative estimate of drug-likeness (QED) is 0.895. The molecule has 0 saturated heterocycles. The average Bonchev–Trinajstić information content (AvgIpc) is 2.16. The first-order valence-electron chi connectivity index (χ1n) is 4.27. The topological polar surface area (TPSA) is 59.1 Å². The molecule has 0 atom stereocenters. The van der Waals surface area contributed by atoms with E-state index in [2.05, 4.69) is 4.98 Å². The second kappa shape index (κ2) is 4.28. The van der Waals surface area contributed by atoms with Gasteiger partial charge in [0.05, 0.1) is 23.2 Å². The third-order valence-electron chi connectivity index (χ3n) is 1.72. The lowest BCUT2D eigenvalue weighted by atomic mass is 10.2. The molecule has 0 aliphatic rings. The normalized spacial score (nSPS) is 12.5. The summed E-state index contributed by atoms with van der Waals surface area (Å²) < 4.78 is 61.0. The van der Waals surface area contributed by atoms with Gasteiger partial charge < -0.3 is 0 Å². The highest BCUT2D eigenvalue weighted by Crippen LogP contribution is 2.30. The molecule has 0 unspecified atom stereocenters. The van der Waals surface area contributed by atoms with E-state index in [1.165, 1.54) is 6.92 Å². The molecule has 16 heavy (non-hydrogen) atoms. The molecule has 0 amide bonds. The molecule has 0 saturated carbocycles. The first-order chi connectivity index (χ1) is 7.24. The number of alkyl halides is 3. The van der Waals surface area contributed by atoms with Crippen LogP contribution in [0.25, 0.3) is 0 Å². The third-order valence-corrected chi connectivity index (χ3v) is 3.03. The molecule has 1 N–H and O–H groups in total. The van der Waals surface area contributed by atoms with Crippen molar-refractivity contribution in [1.82, 2.24) is 4.98 Å². The molecule has 0 spiro atoms. The van der Waals surface area contributed by atoms with Crippen molar-refractivity contribution in [1.29, 1.82) is 0 Å². The fourth-order valence-electron chi connectivity index (χ4n) is 0.903. The Bertz CT molecular complexity index is 470. The fourth-order valence-corrected chi connectivity index (χ4v) is 1.52. The Morgan fingerprint density at radius 1 is 1.38 bits per heavy atom. The number of sulfonamides is 1. The van der Waals surface area contributed by atoms with Crippen molar-refractivity contribution in [3.05, 3.63) is 24.0 Å². The standard InChI is InChI=1S/C8H9F3N2O2S/c1-2-16(14,15)13-7-3-6(4-12-5-7)8(9,10)11/h3-5,13H,2H2,1H3. The molecule has 1 rings (SSSR count). The van der Waals surface area contributed by atoms with Crippen LogP contribution in [0, 0.1) is 0 Å². The van der Waals surface area contributed by atoms with Gasteiger partial charge in [0.1, 0.15) is 0 Å². The molecule has 8 heteroatoms. The number of nitrogens with one attached hydrogen (secondary N) is 1. The zero-order chi connectivity index (χ0) is 12.4. The summed E-state index contributed by atoms with van der Waals surface area (Å²) >= 11 is 0. The van der Waals surface area contributed by atoms with Gasteiger partial charge in [-0.2, -0.15) is 13.2 Å². The van der Waals surface area contributed by atoms with Crippen molar-refractivity contribution >= 4 is 15.7 Å². The van der Waals surface area contributed by atoms with Gasteiger partial charge in [-0.15, -0.1) is 0 Å². The van der Waals surface area contributed by atoms with E-state index in [1.54, 1.807) is 0 Å². The van der Waals surface area contributed by atoms with Crippen molar-refractivity contribution < 1.29 is 21.6 Å². The second-order valence-corrected chi connectivity index (χ2v) is 4.98. The molecule has 0 aliphatic heterocycles. The van der Waals surface area contributed by atoms with Crippen LogP contribution in [-0.2, 0) is 16.2 Å². The van der Waals surface area contributed by atoms with E-state index in [1.807, 2.05) is 4.72 Å². The monoisotopic (exact) mass is 254 g/mol. The summed E-state index contributed by atoms with van der Waals surface area (Å²) in [7, 11) is -3.59. The first kappa shape index (κ1) is 12.8. The Hall–Kier alpha value is -1.31. The van der Waals surface area contributed by atoms with Crippen LogP contribution >= 0.6 is 0 Å². The lowest BCUT2D eigenvalue weighted by molar-refractivity contribution is -0.137. The molecule has 0 fully saturated rings. The van der Waals surface area contributed by atoms with Crippen LogP contribution in [0.1, 0.15) is 12.5 Å². The predicted molar refractivity (Wildman–Crippen MR) is 52.3 cm³/mol. The number of aromatic nitrogens is 1. The van der Waals surface area contributed by atoms with Crippen LogP contribution in [0.5, 0.6) is 0 Å². The fraction of sp³-hybridized carbons (Fsp3) is 0.375. The summed E-state index contributed by atoms with van der Waals surface area (Å²) in [6.45, 7) is 1.38. The minimum absolute atomic E-state index is 0.198. The van der Waals surface area contributed by atoms with Gasteiger partial charge in [0.25, 0.3) is 0 Å². The maximum absolute atomic E-state index is 12.3. The summed E-state index contributed by atoms with van der Waals surface area (Å²) in [4.78, 5) is 3.32. The number of rotatable bonds is 3. The van der Waals surface area contributed by atoms with Gasteiger partial charge in [-0.3, -0.25) is 9.71 Å². The lowest BCUT2D eigenvalue weighted by Gasteiger charge is -2.09. The molecular weight excluding hydrogens is 245 g/mol. The van der Waals surface area contributed by atoms with Crippen LogP contribution in [0.4, 0.5) is 18.9 Å². The molecule has 90 valence electrons. The van der Waals surface area contributed by atoms with Crippen molar-refractivity contribution in [2.75, 3.05) is 10.5 Å². The number of halogens is 3. The average molecular weight is 254 g/mol. The maximum Gasteiger partial charge on any atom is 0.417 e. The van der Waals surface area contributed by atoms with Crippen LogP contribution in [0.15, 0.2) is 18.5 Å². The van der Waals surface area contributed by atoms with E-state index < -0.39 is 21.8 Å². The summed E-state index contributed by atoms with van der Waals surface area (Å²) in [5.74, 6) is -0.219. The molecule has 4 nitrogen and oxygen atoms in total. The Morgan fingerprint density at radius 2 is 2.00 bits per heavy atom. The predicted octanol–water partition coefficient (Wildman–Crippen LogP) is 1.86. The smallest absolute Gasteiger partial charge is 0.282 e. The summed E-state index contributed by atoms with van der Waals surface area (Å²) in [6.07, 6.45) is -2.90. The minimum atomic E-state index is -4.54. The minimum Gasteiger partial charge on any atom is -0.282 e.